The van der Waals surface area contributed by atoms with E-state index in [9.17, 15) is 14.9 Å². The van der Waals surface area contributed by atoms with Crippen LogP contribution in [0.1, 0.15) is 21.5 Å². The monoisotopic (exact) mass is 283 g/mol. The van der Waals surface area contributed by atoms with E-state index in [1.807, 2.05) is 19.1 Å². The first-order chi connectivity index (χ1) is 10.1. The van der Waals surface area contributed by atoms with Gasteiger partial charge in [0.15, 0.2) is 0 Å². The quantitative estimate of drug-likeness (QED) is 0.532. The number of hydrogen-bond donors (Lipinski definition) is 1. The van der Waals surface area contributed by atoms with Crippen molar-refractivity contribution in [3.63, 3.8) is 0 Å². The third-order valence-corrected chi connectivity index (χ3v) is 2.89. The molecule has 0 unspecified atom stereocenters. The van der Waals surface area contributed by atoms with Crippen LogP contribution in [0.3, 0.4) is 0 Å². The summed E-state index contributed by atoms with van der Waals surface area (Å²) in [6.45, 7) is 1.82. The van der Waals surface area contributed by atoms with Crippen LogP contribution in [0.15, 0.2) is 53.6 Å². The number of rotatable bonds is 4. The lowest BCUT2D eigenvalue weighted by Gasteiger charge is -2.03. The number of nitro groups is 1. The van der Waals surface area contributed by atoms with Crippen molar-refractivity contribution in [3.05, 3.63) is 75.3 Å². The summed E-state index contributed by atoms with van der Waals surface area (Å²) in [7, 11) is 0. The largest absolute Gasteiger partial charge is 0.278 e. The second kappa shape index (κ2) is 6.42. The molecule has 0 atom stereocenters. The van der Waals surface area contributed by atoms with Gasteiger partial charge in [-0.05, 0) is 24.6 Å². The highest BCUT2D eigenvalue weighted by molar-refractivity contribution is 5.96. The van der Waals surface area contributed by atoms with Gasteiger partial charge >= 0.3 is 0 Å². The Morgan fingerprint density at radius 2 is 1.86 bits per heavy atom. The molecule has 1 N–H and O–H groups in total. The minimum atomic E-state index is -0.496. The Morgan fingerprint density at radius 3 is 2.57 bits per heavy atom. The number of carbonyl (C=O) groups is 1. The molecule has 0 saturated heterocycles. The normalized spacial score (nSPS) is 10.5. The van der Waals surface area contributed by atoms with Gasteiger partial charge in [-0.15, -0.1) is 0 Å². The molecule has 106 valence electrons. The number of hydrogen-bond acceptors (Lipinski definition) is 4. The third kappa shape index (κ3) is 3.50. The lowest BCUT2D eigenvalue weighted by molar-refractivity contribution is -0.385. The van der Waals surface area contributed by atoms with Crippen LogP contribution >= 0.6 is 0 Å². The van der Waals surface area contributed by atoms with Gasteiger partial charge in [0.25, 0.3) is 11.6 Å². The number of hydrazone groups is 1. The summed E-state index contributed by atoms with van der Waals surface area (Å²) in [6.07, 6.45) is 1.26. The van der Waals surface area contributed by atoms with E-state index in [2.05, 4.69) is 10.5 Å². The van der Waals surface area contributed by atoms with E-state index < -0.39 is 4.92 Å². The molecule has 6 heteroatoms. The van der Waals surface area contributed by atoms with E-state index in [1.54, 1.807) is 30.3 Å². The molecule has 0 aliphatic heterocycles. The van der Waals surface area contributed by atoms with Gasteiger partial charge in [-0.1, -0.05) is 30.3 Å². The van der Waals surface area contributed by atoms with Crippen LogP contribution in [-0.2, 0) is 0 Å². The Kier molecular flexibility index (Phi) is 4.40. The van der Waals surface area contributed by atoms with Gasteiger partial charge in [0.1, 0.15) is 0 Å². The molecule has 1 amide bonds. The standard InChI is InChI=1S/C15H13N3O3/c1-11-6-2-4-8-13(11)15(19)17-16-10-12-7-3-5-9-14(12)18(20)21/h2-10H,1H3,(H,17,19)/b16-10+. The number of amides is 1. The topological polar surface area (TPSA) is 84.6 Å². The molecule has 2 aromatic carbocycles. The summed E-state index contributed by atoms with van der Waals surface area (Å²) in [4.78, 5) is 22.3. The Balaban J connectivity index is 2.12. The van der Waals surface area contributed by atoms with Gasteiger partial charge in [-0.2, -0.15) is 5.10 Å². The van der Waals surface area contributed by atoms with E-state index >= 15 is 0 Å². The van der Waals surface area contributed by atoms with Gasteiger partial charge < -0.3 is 0 Å². The van der Waals surface area contributed by atoms with Crippen molar-refractivity contribution in [2.24, 2.45) is 5.10 Å². The molecule has 0 heterocycles. The number of nitrogens with zero attached hydrogens (tertiary/aromatic N) is 2. The Labute approximate surface area is 121 Å². The molecule has 0 fully saturated rings. The van der Waals surface area contributed by atoms with Crippen LogP contribution < -0.4 is 5.43 Å². The highest BCUT2D eigenvalue weighted by Gasteiger charge is 2.10. The molecule has 0 bridgehead atoms. The first kappa shape index (κ1) is 14.4. The Morgan fingerprint density at radius 1 is 1.19 bits per heavy atom. The fourth-order valence-electron chi connectivity index (χ4n) is 1.81. The van der Waals surface area contributed by atoms with Gasteiger partial charge in [0, 0.05) is 11.6 Å². The number of nitro benzene ring substituents is 1. The predicted octanol–water partition coefficient (Wildman–Crippen LogP) is 2.67. The summed E-state index contributed by atoms with van der Waals surface area (Å²) < 4.78 is 0. The van der Waals surface area contributed by atoms with Crippen molar-refractivity contribution >= 4 is 17.8 Å². The number of para-hydroxylation sites is 1. The summed E-state index contributed by atoms with van der Waals surface area (Å²) in [5.41, 5.74) is 3.97. The molecular weight excluding hydrogens is 270 g/mol. The number of aryl methyl sites for hydroxylation is 1. The Bertz CT molecular complexity index is 711. The molecular formula is C15H13N3O3. The zero-order chi connectivity index (χ0) is 15.2. The average Bonchev–Trinajstić information content (AvgIpc) is 2.48. The number of nitrogens with one attached hydrogen (secondary N) is 1. The van der Waals surface area contributed by atoms with Crippen LogP contribution in [0.25, 0.3) is 0 Å². The van der Waals surface area contributed by atoms with Crippen molar-refractivity contribution in [2.75, 3.05) is 0 Å². The zero-order valence-corrected chi connectivity index (χ0v) is 11.3. The maximum atomic E-state index is 11.9. The molecule has 0 saturated carbocycles. The SMILES string of the molecule is Cc1ccccc1C(=O)N/N=C/c1ccccc1[N+](=O)[O-]. The minimum Gasteiger partial charge on any atom is -0.267 e. The van der Waals surface area contributed by atoms with Crippen molar-refractivity contribution in [1.82, 2.24) is 5.43 Å². The van der Waals surface area contributed by atoms with Gasteiger partial charge in [0.05, 0.1) is 16.7 Å². The fraction of sp³-hybridized carbons (Fsp3) is 0.0667. The highest BCUT2D eigenvalue weighted by Crippen LogP contribution is 2.15. The van der Waals surface area contributed by atoms with Crippen LogP contribution in [0, 0.1) is 17.0 Å². The van der Waals surface area contributed by atoms with Crippen LogP contribution in [0.5, 0.6) is 0 Å². The molecule has 2 aromatic rings. The maximum Gasteiger partial charge on any atom is 0.278 e. The van der Waals surface area contributed by atoms with E-state index in [-0.39, 0.29) is 11.6 Å². The molecule has 6 nitrogen and oxygen atoms in total. The van der Waals surface area contributed by atoms with Gasteiger partial charge in [-0.3, -0.25) is 14.9 Å². The van der Waals surface area contributed by atoms with Crippen LogP contribution in [-0.4, -0.2) is 17.0 Å². The summed E-state index contributed by atoms with van der Waals surface area (Å²) in [6, 6.07) is 13.3. The second-order valence-corrected chi connectivity index (χ2v) is 4.33. The molecule has 0 radical (unpaired) electrons. The van der Waals surface area contributed by atoms with E-state index in [4.69, 9.17) is 0 Å². The lowest BCUT2D eigenvalue weighted by Crippen LogP contribution is -2.18. The molecule has 2 rings (SSSR count). The lowest BCUT2D eigenvalue weighted by atomic mass is 10.1. The third-order valence-electron chi connectivity index (χ3n) is 2.89. The van der Waals surface area contributed by atoms with Crippen LogP contribution in [0.4, 0.5) is 5.69 Å². The number of carbonyl (C=O) groups excluding carboxylic acids is 1. The fourth-order valence-corrected chi connectivity index (χ4v) is 1.81. The Hall–Kier alpha value is -3.02. The first-order valence-corrected chi connectivity index (χ1v) is 6.22. The zero-order valence-electron chi connectivity index (χ0n) is 11.3. The molecule has 0 aromatic heterocycles. The highest BCUT2D eigenvalue weighted by atomic mass is 16.6. The molecule has 21 heavy (non-hydrogen) atoms. The van der Waals surface area contributed by atoms with Crippen LogP contribution in [0.2, 0.25) is 0 Å². The van der Waals surface area contributed by atoms with Crippen molar-refractivity contribution in [2.45, 2.75) is 6.92 Å². The van der Waals surface area contributed by atoms with Crippen molar-refractivity contribution in [3.8, 4) is 0 Å². The molecule has 0 aliphatic carbocycles. The number of benzene rings is 2. The van der Waals surface area contributed by atoms with E-state index in [0.717, 1.165) is 5.56 Å². The first-order valence-electron chi connectivity index (χ1n) is 6.22. The summed E-state index contributed by atoms with van der Waals surface area (Å²) in [5.74, 6) is -0.358. The smallest absolute Gasteiger partial charge is 0.267 e. The van der Waals surface area contributed by atoms with E-state index in [0.29, 0.717) is 11.1 Å². The summed E-state index contributed by atoms with van der Waals surface area (Å²) in [5, 5.41) is 14.6. The van der Waals surface area contributed by atoms with Gasteiger partial charge in [0.2, 0.25) is 0 Å². The maximum absolute atomic E-state index is 11.9. The minimum absolute atomic E-state index is 0.0635. The predicted molar refractivity (Wildman–Crippen MR) is 79.3 cm³/mol. The van der Waals surface area contributed by atoms with Crippen molar-refractivity contribution < 1.29 is 9.72 Å². The summed E-state index contributed by atoms with van der Waals surface area (Å²) >= 11 is 0. The van der Waals surface area contributed by atoms with E-state index in [1.165, 1.54) is 12.3 Å². The van der Waals surface area contributed by atoms with Crippen molar-refractivity contribution in [1.29, 1.82) is 0 Å². The average molecular weight is 283 g/mol. The molecule has 0 spiro atoms. The second-order valence-electron chi connectivity index (χ2n) is 4.33. The van der Waals surface area contributed by atoms with Gasteiger partial charge in [-0.25, -0.2) is 5.43 Å². The molecule has 0 aliphatic rings.